The van der Waals surface area contributed by atoms with E-state index in [0.717, 1.165) is 29.2 Å². The molecule has 2 amide bonds. The lowest BCUT2D eigenvalue weighted by molar-refractivity contribution is -0.131. The van der Waals surface area contributed by atoms with Gasteiger partial charge in [0.1, 0.15) is 5.75 Å². The lowest BCUT2D eigenvalue weighted by atomic mass is 10.1. The van der Waals surface area contributed by atoms with E-state index in [-0.39, 0.29) is 11.8 Å². The van der Waals surface area contributed by atoms with Crippen LogP contribution in [0.4, 0.5) is 0 Å². The zero-order valence-corrected chi connectivity index (χ0v) is 18.6. The minimum absolute atomic E-state index is 0.00796. The smallest absolute Gasteiger partial charge is 0.253 e. The third-order valence-electron chi connectivity index (χ3n) is 5.65. The maximum Gasteiger partial charge on any atom is 0.253 e. The van der Waals surface area contributed by atoms with E-state index in [1.807, 2.05) is 28.3 Å². The van der Waals surface area contributed by atoms with Gasteiger partial charge < -0.3 is 14.5 Å². The summed E-state index contributed by atoms with van der Waals surface area (Å²) in [5, 5.41) is 4.61. The minimum Gasteiger partial charge on any atom is -0.497 e. The van der Waals surface area contributed by atoms with Gasteiger partial charge in [0, 0.05) is 49.5 Å². The van der Waals surface area contributed by atoms with E-state index in [1.165, 1.54) is 0 Å². The van der Waals surface area contributed by atoms with Gasteiger partial charge in [0.25, 0.3) is 5.91 Å². The average molecular weight is 413 g/mol. The summed E-state index contributed by atoms with van der Waals surface area (Å²) >= 11 is 0. The fraction of sp³-hybridized carbons (Fsp3) is 0.522. The molecular weight excluding hydrogens is 380 g/mol. The number of hydrogen-bond acceptors (Lipinski definition) is 4. The van der Waals surface area contributed by atoms with Gasteiger partial charge in [-0.3, -0.25) is 14.3 Å². The SMILES string of the molecule is COc1ccc(C(=O)N2CCN(C(=O)Cc3c(C)nn(CC(C)C)c3C)CC2)cc1. The average Bonchev–Trinajstić information content (AvgIpc) is 3.00. The molecule has 0 N–H and O–H groups in total. The number of piperazine rings is 1. The summed E-state index contributed by atoms with van der Waals surface area (Å²) < 4.78 is 7.15. The van der Waals surface area contributed by atoms with Crippen molar-refractivity contribution in [2.24, 2.45) is 5.92 Å². The highest BCUT2D eigenvalue weighted by Crippen LogP contribution is 2.18. The molecule has 1 aromatic carbocycles. The maximum absolute atomic E-state index is 12.9. The molecule has 0 spiro atoms. The first-order chi connectivity index (χ1) is 14.3. The summed E-state index contributed by atoms with van der Waals surface area (Å²) in [6.45, 7) is 11.4. The Kier molecular flexibility index (Phi) is 6.80. The number of ether oxygens (including phenoxy) is 1. The van der Waals surface area contributed by atoms with Crippen LogP contribution in [0.15, 0.2) is 24.3 Å². The highest BCUT2D eigenvalue weighted by Gasteiger charge is 2.26. The van der Waals surface area contributed by atoms with Crippen LogP contribution in [0.3, 0.4) is 0 Å². The van der Waals surface area contributed by atoms with E-state index >= 15 is 0 Å². The molecule has 0 radical (unpaired) electrons. The summed E-state index contributed by atoms with van der Waals surface area (Å²) in [7, 11) is 1.60. The Labute approximate surface area is 178 Å². The van der Waals surface area contributed by atoms with Gasteiger partial charge in [-0.05, 0) is 44.0 Å². The lowest BCUT2D eigenvalue weighted by Gasteiger charge is -2.35. The molecule has 0 saturated carbocycles. The second kappa shape index (κ2) is 9.32. The molecule has 30 heavy (non-hydrogen) atoms. The van der Waals surface area contributed by atoms with Crippen LogP contribution >= 0.6 is 0 Å². The number of aromatic nitrogens is 2. The summed E-state index contributed by atoms with van der Waals surface area (Å²) in [5.74, 6) is 1.32. The first-order valence-corrected chi connectivity index (χ1v) is 10.5. The van der Waals surface area contributed by atoms with Gasteiger partial charge in [0.15, 0.2) is 0 Å². The van der Waals surface area contributed by atoms with Crippen LogP contribution < -0.4 is 4.74 Å². The fourth-order valence-electron chi connectivity index (χ4n) is 3.85. The summed E-state index contributed by atoms with van der Waals surface area (Å²) in [5.41, 5.74) is 3.66. The summed E-state index contributed by atoms with van der Waals surface area (Å²) in [4.78, 5) is 29.3. The first kappa shape index (κ1) is 21.9. The normalized spacial score (nSPS) is 14.3. The Morgan fingerprint density at radius 1 is 1.03 bits per heavy atom. The molecule has 7 nitrogen and oxygen atoms in total. The molecule has 1 saturated heterocycles. The molecule has 0 bridgehead atoms. The van der Waals surface area contributed by atoms with Gasteiger partial charge in [0.05, 0.1) is 19.2 Å². The van der Waals surface area contributed by atoms with Crippen LogP contribution in [-0.2, 0) is 17.8 Å². The predicted octanol–water partition coefficient (Wildman–Crippen LogP) is 2.69. The highest BCUT2D eigenvalue weighted by molar-refractivity contribution is 5.94. The van der Waals surface area contributed by atoms with Crippen LogP contribution in [0.25, 0.3) is 0 Å². The molecule has 7 heteroatoms. The van der Waals surface area contributed by atoms with E-state index in [4.69, 9.17) is 4.74 Å². The van der Waals surface area contributed by atoms with Crippen molar-refractivity contribution in [2.45, 2.75) is 40.7 Å². The molecule has 1 fully saturated rings. The molecule has 1 aliphatic rings. The van der Waals surface area contributed by atoms with Crippen LogP contribution in [0, 0.1) is 19.8 Å². The minimum atomic E-state index is -0.00796. The number of carbonyl (C=O) groups excluding carboxylic acids is 2. The van der Waals surface area contributed by atoms with Gasteiger partial charge in [-0.1, -0.05) is 13.8 Å². The van der Waals surface area contributed by atoms with E-state index < -0.39 is 0 Å². The second-order valence-electron chi connectivity index (χ2n) is 8.30. The van der Waals surface area contributed by atoms with E-state index in [2.05, 4.69) is 18.9 Å². The Morgan fingerprint density at radius 3 is 2.20 bits per heavy atom. The third kappa shape index (κ3) is 4.83. The van der Waals surface area contributed by atoms with Gasteiger partial charge in [0.2, 0.25) is 5.91 Å². The number of methoxy groups -OCH3 is 1. The predicted molar refractivity (Wildman–Crippen MR) is 116 cm³/mol. The number of nitrogens with zero attached hydrogens (tertiary/aromatic N) is 4. The molecule has 2 aromatic rings. The number of amides is 2. The first-order valence-electron chi connectivity index (χ1n) is 10.5. The Morgan fingerprint density at radius 2 is 1.63 bits per heavy atom. The summed E-state index contributed by atoms with van der Waals surface area (Å²) in [6, 6.07) is 7.13. The van der Waals surface area contributed by atoms with Gasteiger partial charge in [-0.2, -0.15) is 5.10 Å². The van der Waals surface area contributed by atoms with Crippen molar-refractivity contribution in [1.29, 1.82) is 0 Å². The number of hydrogen-bond donors (Lipinski definition) is 0. The third-order valence-corrected chi connectivity index (χ3v) is 5.65. The molecule has 162 valence electrons. The monoisotopic (exact) mass is 412 g/mol. The largest absolute Gasteiger partial charge is 0.497 e. The van der Waals surface area contributed by atoms with Crippen LogP contribution in [0.5, 0.6) is 5.75 Å². The van der Waals surface area contributed by atoms with Crippen molar-refractivity contribution < 1.29 is 14.3 Å². The van der Waals surface area contributed by atoms with Crippen molar-refractivity contribution in [1.82, 2.24) is 19.6 Å². The van der Waals surface area contributed by atoms with Crippen molar-refractivity contribution >= 4 is 11.8 Å². The van der Waals surface area contributed by atoms with Crippen molar-refractivity contribution in [2.75, 3.05) is 33.3 Å². The second-order valence-corrected chi connectivity index (χ2v) is 8.30. The van der Waals surface area contributed by atoms with Crippen molar-refractivity contribution in [3.8, 4) is 5.75 Å². The molecule has 1 aromatic heterocycles. The number of benzene rings is 1. The summed E-state index contributed by atoms with van der Waals surface area (Å²) in [6.07, 6.45) is 0.363. The van der Waals surface area contributed by atoms with Crippen LogP contribution in [-0.4, -0.2) is 64.7 Å². The van der Waals surface area contributed by atoms with E-state index in [1.54, 1.807) is 31.4 Å². The van der Waals surface area contributed by atoms with E-state index in [9.17, 15) is 9.59 Å². The molecule has 0 atom stereocenters. The zero-order valence-electron chi connectivity index (χ0n) is 18.6. The van der Waals surface area contributed by atoms with Gasteiger partial charge in [-0.25, -0.2) is 0 Å². The topological polar surface area (TPSA) is 67.7 Å². The van der Waals surface area contributed by atoms with E-state index in [0.29, 0.717) is 44.1 Å². The van der Waals surface area contributed by atoms with Crippen molar-refractivity contribution in [3.05, 3.63) is 46.8 Å². The quantitative estimate of drug-likeness (QED) is 0.732. The zero-order chi connectivity index (χ0) is 21.8. The Balaban J connectivity index is 1.58. The number of aryl methyl sites for hydroxylation is 1. The molecule has 0 aliphatic carbocycles. The Hall–Kier alpha value is -2.83. The molecule has 0 unspecified atom stereocenters. The number of carbonyl (C=O) groups is 2. The molecule has 2 heterocycles. The van der Waals surface area contributed by atoms with Crippen LogP contribution in [0.2, 0.25) is 0 Å². The van der Waals surface area contributed by atoms with Gasteiger partial charge in [-0.15, -0.1) is 0 Å². The standard InChI is InChI=1S/C23H32N4O3/c1-16(2)15-27-18(4)21(17(3)24-27)14-22(28)25-10-12-26(13-11-25)23(29)19-6-8-20(30-5)9-7-19/h6-9,16H,10-15H2,1-5H3. The molecule has 1 aliphatic heterocycles. The van der Waals surface area contributed by atoms with Crippen LogP contribution in [0.1, 0.15) is 41.2 Å². The highest BCUT2D eigenvalue weighted by atomic mass is 16.5. The van der Waals surface area contributed by atoms with Gasteiger partial charge >= 0.3 is 0 Å². The maximum atomic E-state index is 12.9. The van der Waals surface area contributed by atoms with Crippen molar-refractivity contribution in [3.63, 3.8) is 0 Å². The molecule has 3 rings (SSSR count). The molecular formula is C23H32N4O3. The Bertz CT molecular complexity index is 894. The lowest BCUT2D eigenvalue weighted by Crippen LogP contribution is -2.51. The number of rotatable bonds is 6. The fourth-order valence-corrected chi connectivity index (χ4v) is 3.85.